The summed E-state index contributed by atoms with van der Waals surface area (Å²) in [6, 6.07) is 10.7. The van der Waals surface area contributed by atoms with E-state index in [0.717, 1.165) is 37.9 Å². The maximum Gasteiger partial charge on any atom is 0.191 e. The Morgan fingerprint density at radius 1 is 1.24 bits per heavy atom. The molecule has 1 fully saturated rings. The van der Waals surface area contributed by atoms with Crippen molar-refractivity contribution in [1.82, 2.24) is 10.6 Å². The monoisotopic (exact) mass is 401 g/mol. The van der Waals surface area contributed by atoms with Crippen molar-refractivity contribution in [3.63, 3.8) is 0 Å². The van der Waals surface area contributed by atoms with Gasteiger partial charge < -0.3 is 10.6 Å². The standard InChI is InChI=1S/C17H27N3.HI/c1-3-18-17(20-13-15-9-10-15)19-12-11-14(2)16-7-5-4-6-8-16;/h4-8,14-15H,3,9-13H2,1-2H3,(H2,18,19,20);1H. The fourth-order valence-electron chi connectivity index (χ4n) is 2.22. The molecule has 0 aromatic heterocycles. The van der Waals surface area contributed by atoms with Gasteiger partial charge in [-0.15, -0.1) is 24.0 Å². The Morgan fingerprint density at radius 3 is 2.57 bits per heavy atom. The number of nitrogens with zero attached hydrogens (tertiary/aromatic N) is 1. The maximum absolute atomic E-state index is 4.64. The maximum atomic E-state index is 4.64. The molecule has 21 heavy (non-hydrogen) atoms. The fraction of sp³-hybridized carbons (Fsp3) is 0.588. The molecule has 0 aliphatic heterocycles. The van der Waals surface area contributed by atoms with Crippen LogP contribution in [0.5, 0.6) is 0 Å². The number of aliphatic imine (C=N–C) groups is 1. The van der Waals surface area contributed by atoms with Gasteiger partial charge in [-0.2, -0.15) is 0 Å². The molecular weight excluding hydrogens is 373 g/mol. The highest BCUT2D eigenvalue weighted by Crippen LogP contribution is 2.28. The first-order chi connectivity index (χ1) is 9.79. The molecule has 0 heterocycles. The number of halogens is 1. The molecule has 0 amide bonds. The zero-order valence-electron chi connectivity index (χ0n) is 13.1. The van der Waals surface area contributed by atoms with Crippen LogP contribution < -0.4 is 10.6 Å². The lowest BCUT2D eigenvalue weighted by Crippen LogP contribution is -2.38. The minimum absolute atomic E-state index is 0. The lowest BCUT2D eigenvalue weighted by atomic mass is 9.98. The molecule has 3 nitrogen and oxygen atoms in total. The molecule has 4 heteroatoms. The highest BCUT2D eigenvalue weighted by molar-refractivity contribution is 14.0. The Labute approximate surface area is 146 Å². The topological polar surface area (TPSA) is 36.4 Å². The summed E-state index contributed by atoms with van der Waals surface area (Å²) in [6.45, 7) is 7.26. The molecule has 0 spiro atoms. The molecule has 118 valence electrons. The second-order valence-corrected chi connectivity index (χ2v) is 5.69. The third-order valence-corrected chi connectivity index (χ3v) is 3.79. The summed E-state index contributed by atoms with van der Waals surface area (Å²) in [7, 11) is 0. The third kappa shape index (κ3) is 7.16. The summed E-state index contributed by atoms with van der Waals surface area (Å²) < 4.78 is 0. The first-order valence-electron chi connectivity index (χ1n) is 7.86. The highest BCUT2D eigenvalue weighted by atomic mass is 127. The third-order valence-electron chi connectivity index (χ3n) is 3.79. The van der Waals surface area contributed by atoms with E-state index in [1.54, 1.807) is 0 Å². The molecule has 2 N–H and O–H groups in total. The molecule has 0 bridgehead atoms. The van der Waals surface area contributed by atoms with Crippen molar-refractivity contribution in [3.8, 4) is 0 Å². The van der Waals surface area contributed by atoms with E-state index in [2.05, 4.69) is 59.8 Å². The van der Waals surface area contributed by atoms with Crippen LogP contribution >= 0.6 is 24.0 Å². The summed E-state index contributed by atoms with van der Waals surface area (Å²) in [4.78, 5) is 4.64. The molecule has 1 atom stereocenters. The van der Waals surface area contributed by atoms with E-state index in [9.17, 15) is 0 Å². The van der Waals surface area contributed by atoms with E-state index in [0.29, 0.717) is 5.92 Å². The van der Waals surface area contributed by atoms with Crippen LogP contribution in [0.3, 0.4) is 0 Å². The first-order valence-corrected chi connectivity index (χ1v) is 7.86. The summed E-state index contributed by atoms with van der Waals surface area (Å²) in [6.07, 6.45) is 3.83. The van der Waals surface area contributed by atoms with Gasteiger partial charge in [0.25, 0.3) is 0 Å². The molecule has 2 rings (SSSR count). The van der Waals surface area contributed by atoms with E-state index in [-0.39, 0.29) is 24.0 Å². The Morgan fingerprint density at radius 2 is 1.95 bits per heavy atom. The molecule has 1 aliphatic rings. The van der Waals surface area contributed by atoms with Crippen molar-refractivity contribution in [2.75, 3.05) is 19.6 Å². The van der Waals surface area contributed by atoms with Gasteiger partial charge in [0.15, 0.2) is 5.96 Å². The van der Waals surface area contributed by atoms with E-state index in [1.807, 2.05) is 0 Å². The number of hydrogen-bond acceptors (Lipinski definition) is 1. The predicted octanol–water partition coefficient (Wildman–Crippen LogP) is 3.76. The molecule has 1 aromatic rings. The van der Waals surface area contributed by atoms with E-state index in [4.69, 9.17) is 0 Å². The summed E-state index contributed by atoms with van der Waals surface area (Å²) in [5, 5.41) is 6.76. The second-order valence-electron chi connectivity index (χ2n) is 5.69. The van der Waals surface area contributed by atoms with Crippen molar-refractivity contribution in [1.29, 1.82) is 0 Å². The van der Waals surface area contributed by atoms with Gasteiger partial charge in [-0.05, 0) is 43.6 Å². The minimum Gasteiger partial charge on any atom is -0.357 e. The van der Waals surface area contributed by atoms with Crippen molar-refractivity contribution in [3.05, 3.63) is 35.9 Å². The number of hydrogen-bond donors (Lipinski definition) is 2. The van der Waals surface area contributed by atoms with Crippen LogP contribution in [-0.4, -0.2) is 25.6 Å². The average molecular weight is 401 g/mol. The normalized spacial score (nSPS) is 16.0. The SMILES string of the molecule is CCNC(=NCC1CC1)NCCC(C)c1ccccc1.I. The Bertz CT molecular complexity index is 415. The Kier molecular flexibility index (Phi) is 8.73. The van der Waals surface area contributed by atoms with E-state index < -0.39 is 0 Å². The Balaban J connectivity index is 0.00000220. The quantitative estimate of drug-likeness (QED) is 0.415. The van der Waals surface area contributed by atoms with Gasteiger partial charge in [-0.25, -0.2) is 0 Å². The zero-order chi connectivity index (χ0) is 14.2. The smallest absolute Gasteiger partial charge is 0.191 e. The van der Waals surface area contributed by atoms with Crippen molar-refractivity contribution in [2.45, 2.75) is 39.0 Å². The van der Waals surface area contributed by atoms with Gasteiger partial charge in [0.05, 0.1) is 0 Å². The second kappa shape index (κ2) is 10.0. The molecule has 1 aliphatic carbocycles. The number of guanidine groups is 1. The fourth-order valence-corrected chi connectivity index (χ4v) is 2.22. The number of rotatable bonds is 7. The number of benzene rings is 1. The molecule has 0 saturated heterocycles. The predicted molar refractivity (Wildman–Crippen MR) is 102 cm³/mol. The van der Waals surface area contributed by atoms with Gasteiger partial charge >= 0.3 is 0 Å². The first kappa shape index (κ1) is 18.3. The van der Waals surface area contributed by atoms with Crippen molar-refractivity contribution >= 4 is 29.9 Å². The van der Waals surface area contributed by atoms with Crippen LogP contribution in [0.2, 0.25) is 0 Å². The van der Waals surface area contributed by atoms with E-state index in [1.165, 1.54) is 18.4 Å². The molecular formula is C17H28IN3. The van der Waals surface area contributed by atoms with Crippen LogP contribution in [0.25, 0.3) is 0 Å². The highest BCUT2D eigenvalue weighted by Gasteiger charge is 2.20. The van der Waals surface area contributed by atoms with Crippen LogP contribution in [-0.2, 0) is 0 Å². The Hall–Kier alpha value is -0.780. The molecule has 0 radical (unpaired) electrons. The molecule has 1 saturated carbocycles. The lowest BCUT2D eigenvalue weighted by molar-refractivity contribution is 0.651. The van der Waals surface area contributed by atoms with Crippen molar-refractivity contribution in [2.24, 2.45) is 10.9 Å². The lowest BCUT2D eigenvalue weighted by Gasteiger charge is -2.15. The van der Waals surface area contributed by atoms with Crippen LogP contribution in [0.15, 0.2) is 35.3 Å². The van der Waals surface area contributed by atoms with Gasteiger partial charge in [-0.1, -0.05) is 37.3 Å². The zero-order valence-corrected chi connectivity index (χ0v) is 15.5. The summed E-state index contributed by atoms with van der Waals surface area (Å²) in [5.74, 6) is 2.39. The molecule has 1 aromatic carbocycles. The van der Waals surface area contributed by atoms with Crippen LogP contribution in [0, 0.1) is 5.92 Å². The summed E-state index contributed by atoms with van der Waals surface area (Å²) >= 11 is 0. The summed E-state index contributed by atoms with van der Waals surface area (Å²) in [5.41, 5.74) is 1.41. The van der Waals surface area contributed by atoms with Crippen molar-refractivity contribution < 1.29 is 0 Å². The number of nitrogens with one attached hydrogen (secondary N) is 2. The van der Waals surface area contributed by atoms with Crippen LogP contribution in [0.4, 0.5) is 0 Å². The largest absolute Gasteiger partial charge is 0.357 e. The van der Waals surface area contributed by atoms with Gasteiger partial charge in [-0.3, -0.25) is 4.99 Å². The van der Waals surface area contributed by atoms with Crippen LogP contribution in [0.1, 0.15) is 44.6 Å². The minimum atomic E-state index is 0. The van der Waals surface area contributed by atoms with E-state index >= 15 is 0 Å². The van der Waals surface area contributed by atoms with Gasteiger partial charge in [0.1, 0.15) is 0 Å². The van der Waals surface area contributed by atoms with Gasteiger partial charge in [0, 0.05) is 19.6 Å². The average Bonchev–Trinajstić information content (AvgIpc) is 3.30. The molecule has 1 unspecified atom stereocenters. The van der Waals surface area contributed by atoms with Gasteiger partial charge in [0.2, 0.25) is 0 Å².